The summed E-state index contributed by atoms with van der Waals surface area (Å²) in [7, 11) is 0. The molecule has 0 saturated carbocycles. The maximum atomic E-state index is 9.85. The average Bonchev–Trinajstić information content (AvgIpc) is 2.46. The van der Waals surface area contributed by atoms with Crippen molar-refractivity contribution in [2.75, 3.05) is 32.8 Å². The fourth-order valence-corrected chi connectivity index (χ4v) is 3.46. The zero-order valence-corrected chi connectivity index (χ0v) is 14.2. The number of hydrogen-bond donors (Lipinski definition) is 1. The minimum atomic E-state index is -0.0152. The van der Waals surface area contributed by atoms with Crippen molar-refractivity contribution in [3.63, 3.8) is 0 Å². The highest BCUT2D eigenvalue weighted by Crippen LogP contribution is 2.30. The smallest absolute Gasteiger partial charge is 0.0628 e. The Kier molecular flexibility index (Phi) is 6.33. The first-order valence-electron chi connectivity index (χ1n) is 7.60. The molecule has 0 aliphatic carbocycles. The van der Waals surface area contributed by atoms with E-state index in [9.17, 15) is 5.11 Å². The number of aliphatic hydroxyl groups is 1. The number of aliphatic hydroxyl groups excluding tert-OH is 1. The zero-order chi connectivity index (χ0) is 15.4. The van der Waals surface area contributed by atoms with Crippen LogP contribution >= 0.6 is 23.2 Å². The lowest BCUT2D eigenvalue weighted by molar-refractivity contribution is 0.0253. The molecule has 0 spiro atoms. The Bertz CT molecular complexity index is 470. The van der Waals surface area contributed by atoms with Crippen LogP contribution in [0.1, 0.15) is 31.9 Å². The lowest BCUT2D eigenvalue weighted by atomic mass is 10.0. The largest absolute Gasteiger partial charge is 0.394 e. The van der Waals surface area contributed by atoms with Crippen molar-refractivity contribution in [3.05, 3.63) is 33.8 Å². The van der Waals surface area contributed by atoms with Gasteiger partial charge in [-0.05, 0) is 37.6 Å². The van der Waals surface area contributed by atoms with Crippen molar-refractivity contribution < 1.29 is 5.11 Å². The molecule has 1 heterocycles. The summed E-state index contributed by atoms with van der Waals surface area (Å²) < 4.78 is 0. The monoisotopic (exact) mass is 330 g/mol. The van der Waals surface area contributed by atoms with Gasteiger partial charge in [0.05, 0.1) is 22.7 Å². The Morgan fingerprint density at radius 2 is 2.05 bits per heavy atom. The van der Waals surface area contributed by atoms with Gasteiger partial charge in [0.15, 0.2) is 0 Å². The molecule has 2 rings (SSSR count). The normalized spacial score (nSPS) is 22.4. The molecular formula is C16H24Cl2N2O. The highest BCUT2D eigenvalue weighted by atomic mass is 35.5. The number of nitrogens with zero attached hydrogens (tertiary/aromatic N) is 2. The molecule has 1 N–H and O–H groups in total. The third kappa shape index (κ3) is 4.11. The SMILES string of the molecule is CCCN1CCN(C(CO)c2ccc(Cl)c(Cl)c2)C(C)C1. The molecule has 118 valence electrons. The van der Waals surface area contributed by atoms with E-state index in [1.54, 1.807) is 6.07 Å². The Labute approximate surface area is 137 Å². The molecule has 3 nitrogen and oxygen atoms in total. The molecule has 21 heavy (non-hydrogen) atoms. The van der Waals surface area contributed by atoms with Crippen LogP contribution in [0.25, 0.3) is 0 Å². The van der Waals surface area contributed by atoms with Gasteiger partial charge in [-0.25, -0.2) is 0 Å². The van der Waals surface area contributed by atoms with E-state index < -0.39 is 0 Å². The van der Waals surface area contributed by atoms with E-state index in [1.807, 2.05) is 12.1 Å². The van der Waals surface area contributed by atoms with Gasteiger partial charge in [-0.2, -0.15) is 0 Å². The van der Waals surface area contributed by atoms with E-state index in [2.05, 4.69) is 23.6 Å². The van der Waals surface area contributed by atoms with Gasteiger partial charge in [-0.3, -0.25) is 4.90 Å². The number of piperazine rings is 1. The summed E-state index contributed by atoms with van der Waals surface area (Å²) >= 11 is 12.1. The van der Waals surface area contributed by atoms with Crippen LogP contribution in [0.5, 0.6) is 0 Å². The summed E-state index contributed by atoms with van der Waals surface area (Å²) in [5.74, 6) is 0. The number of benzene rings is 1. The minimum Gasteiger partial charge on any atom is -0.394 e. The minimum absolute atomic E-state index is 0.0152. The van der Waals surface area contributed by atoms with Crippen molar-refractivity contribution in [1.82, 2.24) is 9.80 Å². The second kappa shape index (κ2) is 7.80. The molecule has 0 amide bonds. The number of halogens is 2. The Morgan fingerprint density at radius 1 is 1.29 bits per heavy atom. The third-order valence-corrected chi connectivity index (χ3v) is 4.94. The predicted octanol–water partition coefficient (Wildman–Crippen LogP) is 3.44. The Hall–Kier alpha value is -0.320. The highest BCUT2D eigenvalue weighted by Gasteiger charge is 2.29. The van der Waals surface area contributed by atoms with Gasteiger partial charge in [-0.1, -0.05) is 36.2 Å². The van der Waals surface area contributed by atoms with Crippen LogP contribution in [-0.4, -0.2) is 53.7 Å². The van der Waals surface area contributed by atoms with Gasteiger partial charge in [0, 0.05) is 25.7 Å². The molecule has 2 atom stereocenters. The van der Waals surface area contributed by atoms with E-state index in [0.29, 0.717) is 16.1 Å². The first-order chi connectivity index (χ1) is 10.1. The predicted molar refractivity (Wildman–Crippen MR) is 89.2 cm³/mol. The molecule has 1 aromatic carbocycles. The molecule has 5 heteroatoms. The van der Waals surface area contributed by atoms with E-state index in [4.69, 9.17) is 23.2 Å². The molecule has 2 unspecified atom stereocenters. The summed E-state index contributed by atoms with van der Waals surface area (Å²) in [4.78, 5) is 4.86. The standard InChI is InChI=1S/C16H24Cl2N2O/c1-3-6-19-7-8-20(12(2)10-19)16(11-21)13-4-5-14(17)15(18)9-13/h4-5,9,12,16,21H,3,6-8,10-11H2,1-2H3. The average molecular weight is 331 g/mol. The maximum Gasteiger partial charge on any atom is 0.0628 e. The molecule has 1 aliphatic rings. The summed E-state index contributed by atoms with van der Waals surface area (Å²) in [6.45, 7) is 8.74. The van der Waals surface area contributed by atoms with Crippen LogP contribution in [0.2, 0.25) is 10.0 Å². The Balaban J connectivity index is 2.12. The topological polar surface area (TPSA) is 26.7 Å². The summed E-state index contributed by atoms with van der Waals surface area (Å²) in [5.41, 5.74) is 1.03. The van der Waals surface area contributed by atoms with Crippen molar-refractivity contribution in [2.45, 2.75) is 32.4 Å². The molecule has 0 aromatic heterocycles. The molecule has 1 aromatic rings. The third-order valence-electron chi connectivity index (χ3n) is 4.20. The van der Waals surface area contributed by atoms with Crippen LogP contribution in [0.3, 0.4) is 0 Å². The molecule has 1 saturated heterocycles. The Morgan fingerprint density at radius 3 is 2.62 bits per heavy atom. The van der Waals surface area contributed by atoms with Gasteiger partial charge < -0.3 is 10.0 Å². The van der Waals surface area contributed by atoms with Gasteiger partial charge in [-0.15, -0.1) is 0 Å². The van der Waals surface area contributed by atoms with Crippen LogP contribution in [0, 0.1) is 0 Å². The quantitative estimate of drug-likeness (QED) is 0.895. The van der Waals surface area contributed by atoms with Gasteiger partial charge in [0.2, 0.25) is 0 Å². The molecular weight excluding hydrogens is 307 g/mol. The van der Waals surface area contributed by atoms with Crippen molar-refractivity contribution in [2.24, 2.45) is 0 Å². The molecule has 0 radical (unpaired) electrons. The van der Waals surface area contributed by atoms with Gasteiger partial charge in [0.25, 0.3) is 0 Å². The van der Waals surface area contributed by atoms with Crippen molar-refractivity contribution in [1.29, 1.82) is 0 Å². The zero-order valence-electron chi connectivity index (χ0n) is 12.7. The van der Waals surface area contributed by atoms with Crippen molar-refractivity contribution >= 4 is 23.2 Å². The number of hydrogen-bond acceptors (Lipinski definition) is 3. The second-order valence-electron chi connectivity index (χ2n) is 5.76. The fourth-order valence-electron chi connectivity index (χ4n) is 3.15. The first kappa shape index (κ1) is 17.0. The summed E-state index contributed by atoms with van der Waals surface area (Å²) in [6.07, 6.45) is 1.18. The van der Waals surface area contributed by atoms with E-state index >= 15 is 0 Å². The number of rotatable bonds is 5. The molecule has 0 bridgehead atoms. The lowest BCUT2D eigenvalue weighted by Crippen LogP contribution is -2.53. The van der Waals surface area contributed by atoms with Gasteiger partial charge >= 0.3 is 0 Å². The lowest BCUT2D eigenvalue weighted by Gasteiger charge is -2.43. The second-order valence-corrected chi connectivity index (χ2v) is 6.57. The van der Waals surface area contributed by atoms with Crippen LogP contribution in [0.4, 0.5) is 0 Å². The molecule has 1 fully saturated rings. The van der Waals surface area contributed by atoms with Crippen LogP contribution < -0.4 is 0 Å². The van der Waals surface area contributed by atoms with Crippen LogP contribution in [-0.2, 0) is 0 Å². The van der Waals surface area contributed by atoms with Crippen LogP contribution in [0.15, 0.2) is 18.2 Å². The first-order valence-corrected chi connectivity index (χ1v) is 8.36. The fraction of sp³-hybridized carbons (Fsp3) is 0.625. The summed E-state index contributed by atoms with van der Waals surface area (Å²) in [5, 5.41) is 10.9. The van der Waals surface area contributed by atoms with E-state index in [-0.39, 0.29) is 12.6 Å². The van der Waals surface area contributed by atoms with Gasteiger partial charge in [0.1, 0.15) is 0 Å². The highest BCUT2D eigenvalue weighted by molar-refractivity contribution is 6.42. The maximum absolute atomic E-state index is 9.85. The van der Waals surface area contributed by atoms with Crippen molar-refractivity contribution in [3.8, 4) is 0 Å². The summed E-state index contributed by atoms with van der Waals surface area (Å²) in [6, 6.07) is 6.03. The molecule has 1 aliphatic heterocycles. The van der Waals surface area contributed by atoms with E-state index in [0.717, 1.165) is 31.7 Å². The van der Waals surface area contributed by atoms with E-state index in [1.165, 1.54) is 6.42 Å².